The molecule has 4 heteroatoms. The molecule has 0 saturated heterocycles. The highest BCUT2D eigenvalue weighted by atomic mass is 16.6. The van der Waals surface area contributed by atoms with E-state index in [4.69, 9.17) is 4.74 Å². The quantitative estimate of drug-likeness (QED) is 0.795. The van der Waals surface area contributed by atoms with E-state index in [0.29, 0.717) is 11.8 Å². The minimum absolute atomic E-state index is 0.294. The highest BCUT2D eigenvalue weighted by Crippen LogP contribution is 2.18. The van der Waals surface area contributed by atoms with Gasteiger partial charge in [0.25, 0.3) is 0 Å². The molecule has 0 bridgehead atoms. The Morgan fingerprint density at radius 1 is 1.24 bits per heavy atom. The summed E-state index contributed by atoms with van der Waals surface area (Å²) in [5.74, 6) is 0.285. The number of nitrogens with one attached hydrogen (secondary N) is 1. The van der Waals surface area contributed by atoms with E-state index in [9.17, 15) is 4.79 Å². The highest BCUT2D eigenvalue weighted by Gasteiger charge is 2.14. The molecule has 0 fully saturated rings. The molecule has 0 spiro atoms. The van der Waals surface area contributed by atoms with Gasteiger partial charge in [0.1, 0.15) is 5.75 Å². The van der Waals surface area contributed by atoms with E-state index in [-0.39, 0.29) is 5.97 Å². The van der Waals surface area contributed by atoms with Gasteiger partial charge in [-0.05, 0) is 38.6 Å². The lowest BCUT2D eigenvalue weighted by Gasteiger charge is -2.14. The summed E-state index contributed by atoms with van der Waals surface area (Å²) in [5, 5.41) is 3.15. The molecule has 0 amide bonds. The van der Waals surface area contributed by atoms with Crippen molar-refractivity contribution in [3.8, 4) is 5.75 Å². The summed E-state index contributed by atoms with van der Waals surface area (Å²) >= 11 is 0. The molecule has 2 atom stereocenters. The molecule has 17 heavy (non-hydrogen) atoms. The summed E-state index contributed by atoms with van der Waals surface area (Å²) in [4.78, 5) is 11.2. The van der Waals surface area contributed by atoms with Crippen molar-refractivity contribution in [2.75, 3.05) is 14.2 Å². The van der Waals surface area contributed by atoms with Gasteiger partial charge in [0.15, 0.2) is 6.10 Å². The van der Waals surface area contributed by atoms with Crippen LogP contribution >= 0.6 is 0 Å². The van der Waals surface area contributed by atoms with Crippen LogP contribution in [0.25, 0.3) is 0 Å². The highest BCUT2D eigenvalue weighted by molar-refractivity contribution is 5.74. The van der Waals surface area contributed by atoms with Gasteiger partial charge in [0.2, 0.25) is 0 Å². The minimum Gasteiger partial charge on any atom is -0.479 e. The second kappa shape index (κ2) is 6.25. The van der Waals surface area contributed by atoms with E-state index < -0.39 is 6.10 Å². The van der Waals surface area contributed by atoms with E-state index in [1.807, 2.05) is 31.3 Å². The zero-order valence-corrected chi connectivity index (χ0v) is 10.7. The standard InChI is InChI=1S/C13H19NO3/c1-9(14-3)11-5-7-12(8-6-11)17-10(2)13(15)16-4/h5-10,14H,1-4H3. The number of hydrogen-bond acceptors (Lipinski definition) is 4. The molecule has 0 aromatic heterocycles. The summed E-state index contributed by atoms with van der Waals surface area (Å²) in [6.07, 6.45) is -0.590. The van der Waals surface area contributed by atoms with Gasteiger partial charge in [0, 0.05) is 6.04 Å². The third-order valence-corrected chi connectivity index (χ3v) is 2.66. The molecule has 0 heterocycles. The van der Waals surface area contributed by atoms with Crippen LogP contribution in [0.4, 0.5) is 0 Å². The van der Waals surface area contributed by atoms with Crippen LogP contribution in [0, 0.1) is 0 Å². The molecule has 2 unspecified atom stereocenters. The molecular formula is C13H19NO3. The predicted molar refractivity (Wildman–Crippen MR) is 66.0 cm³/mol. The smallest absolute Gasteiger partial charge is 0.346 e. The molecule has 4 nitrogen and oxygen atoms in total. The number of ether oxygens (including phenoxy) is 2. The SMILES string of the molecule is CNC(C)c1ccc(OC(C)C(=O)OC)cc1. The Bertz CT molecular complexity index is 361. The molecule has 0 aliphatic carbocycles. The van der Waals surface area contributed by atoms with Crippen molar-refractivity contribution >= 4 is 5.97 Å². The number of benzene rings is 1. The van der Waals surface area contributed by atoms with Crippen molar-refractivity contribution in [2.24, 2.45) is 0 Å². The summed E-state index contributed by atoms with van der Waals surface area (Å²) in [6, 6.07) is 7.94. The molecule has 1 aromatic carbocycles. The van der Waals surface area contributed by atoms with Crippen molar-refractivity contribution in [1.82, 2.24) is 5.32 Å². The summed E-state index contributed by atoms with van der Waals surface area (Å²) in [7, 11) is 3.26. The van der Waals surface area contributed by atoms with Gasteiger partial charge in [0.05, 0.1) is 7.11 Å². The van der Waals surface area contributed by atoms with Crippen LogP contribution in [0.15, 0.2) is 24.3 Å². The van der Waals surface area contributed by atoms with Crippen LogP contribution in [0.5, 0.6) is 5.75 Å². The number of hydrogen-bond donors (Lipinski definition) is 1. The maximum absolute atomic E-state index is 11.2. The Labute approximate surface area is 102 Å². The van der Waals surface area contributed by atoms with Gasteiger partial charge < -0.3 is 14.8 Å². The van der Waals surface area contributed by atoms with Crippen LogP contribution < -0.4 is 10.1 Å². The summed E-state index contributed by atoms with van der Waals surface area (Å²) in [5.41, 5.74) is 1.17. The second-order valence-electron chi connectivity index (χ2n) is 3.86. The third kappa shape index (κ3) is 3.75. The fourth-order valence-electron chi connectivity index (χ4n) is 1.42. The second-order valence-corrected chi connectivity index (χ2v) is 3.86. The Kier molecular flexibility index (Phi) is 4.97. The van der Waals surface area contributed by atoms with Gasteiger partial charge in [-0.2, -0.15) is 0 Å². The molecule has 0 aliphatic heterocycles. The average Bonchev–Trinajstić information content (AvgIpc) is 2.37. The van der Waals surface area contributed by atoms with E-state index in [2.05, 4.69) is 17.0 Å². The predicted octanol–water partition coefficient (Wildman–Crippen LogP) is 1.91. The van der Waals surface area contributed by atoms with Gasteiger partial charge in [-0.1, -0.05) is 12.1 Å². The number of esters is 1. The van der Waals surface area contributed by atoms with Gasteiger partial charge in [-0.25, -0.2) is 4.79 Å². The largest absolute Gasteiger partial charge is 0.479 e. The first-order valence-corrected chi connectivity index (χ1v) is 5.60. The first kappa shape index (κ1) is 13.5. The van der Waals surface area contributed by atoms with Crippen LogP contribution in [0.3, 0.4) is 0 Å². The lowest BCUT2D eigenvalue weighted by molar-refractivity contribution is -0.147. The van der Waals surface area contributed by atoms with Crippen molar-refractivity contribution in [3.63, 3.8) is 0 Å². The lowest BCUT2D eigenvalue weighted by atomic mass is 10.1. The average molecular weight is 237 g/mol. The number of methoxy groups -OCH3 is 1. The zero-order valence-electron chi connectivity index (χ0n) is 10.7. The monoisotopic (exact) mass is 237 g/mol. The van der Waals surface area contributed by atoms with Crippen molar-refractivity contribution in [3.05, 3.63) is 29.8 Å². The van der Waals surface area contributed by atoms with Gasteiger partial charge >= 0.3 is 5.97 Å². The van der Waals surface area contributed by atoms with Crippen LogP contribution in [-0.4, -0.2) is 26.2 Å². The first-order valence-electron chi connectivity index (χ1n) is 5.60. The van der Waals surface area contributed by atoms with E-state index in [1.54, 1.807) is 6.92 Å². The Hall–Kier alpha value is -1.55. The van der Waals surface area contributed by atoms with Crippen molar-refractivity contribution < 1.29 is 14.3 Å². The summed E-state index contributed by atoms with van der Waals surface area (Å²) < 4.78 is 10.0. The fourth-order valence-corrected chi connectivity index (χ4v) is 1.42. The van der Waals surface area contributed by atoms with Gasteiger partial charge in [-0.3, -0.25) is 0 Å². The topological polar surface area (TPSA) is 47.6 Å². The summed E-state index contributed by atoms with van der Waals surface area (Å²) in [6.45, 7) is 3.74. The normalized spacial score (nSPS) is 13.9. The van der Waals surface area contributed by atoms with Gasteiger partial charge in [-0.15, -0.1) is 0 Å². The third-order valence-electron chi connectivity index (χ3n) is 2.66. The van der Waals surface area contributed by atoms with Crippen LogP contribution in [0.1, 0.15) is 25.5 Å². The molecular weight excluding hydrogens is 218 g/mol. The molecule has 0 radical (unpaired) electrons. The fraction of sp³-hybridized carbons (Fsp3) is 0.462. The first-order chi connectivity index (χ1) is 8.08. The van der Waals surface area contributed by atoms with E-state index >= 15 is 0 Å². The Balaban J connectivity index is 2.65. The van der Waals surface area contributed by atoms with Crippen LogP contribution in [0.2, 0.25) is 0 Å². The van der Waals surface area contributed by atoms with Crippen molar-refractivity contribution in [1.29, 1.82) is 0 Å². The molecule has 0 saturated carbocycles. The minimum atomic E-state index is -0.590. The Morgan fingerprint density at radius 2 is 1.82 bits per heavy atom. The molecule has 1 aromatic rings. The van der Waals surface area contributed by atoms with E-state index in [1.165, 1.54) is 12.7 Å². The number of carbonyl (C=O) groups excluding carboxylic acids is 1. The molecule has 0 aliphatic rings. The van der Waals surface area contributed by atoms with E-state index in [0.717, 1.165) is 0 Å². The van der Waals surface area contributed by atoms with Crippen molar-refractivity contribution in [2.45, 2.75) is 26.0 Å². The maximum atomic E-state index is 11.2. The number of carbonyl (C=O) groups is 1. The maximum Gasteiger partial charge on any atom is 0.346 e. The molecule has 1 N–H and O–H groups in total. The molecule has 94 valence electrons. The Morgan fingerprint density at radius 3 is 2.29 bits per heavy atom. The zero-order chi connectivity index (χ0) is 12.8. The number of rotatable bonds is 5. The van der Waals surface area contributed by atoms with Crippen LogP contribution in [-0.2, 0) is 9.53 Å². The lowest BCUT2D eigenvalue weighted by Crippen LogP contribution is -2.24. The molecule has 1 rings (SSSR count).